The van der Waals surface area contributed by atoms with Crippen LogP contribution in [0, 0.1) is 11.3 Å². The maximum Gasteiger partial charge on any atom is 0.183 e. The number of nitriles is 1. The van der Waals surface area contributed by atoms with Gasteiger partial charge in [-0.15, -0.1) is 0 Å². The zero-order valence-electron chi connectivity index (χ0n) is 5.91. The number of nitrogens with zero attached hydrogens (tertiary/aromatic N) is 2. The Morgan fingerprint density at radius 1 is 1.58 bits per heavy atom. The molecule has 2 rings (SSSR count). The fourth-order valence-electron chi connectivity index (χ4n) is 1.01. The van der Waals surface area contributed by atoms with Crippen LogP contribution < -0.4 is 0 Å². The Labute approximate surface area is 76.8 Å². The number of halogens is 1. The Balaban J connectivity index is 2.89. The highest BCUT2D eigenvalue weighted by Crippen LogP contribution is 2.24. The number of hydrogen-bond acceptors (Lipinski definition) is 3. The molecule has 0 aliphatic carbocycles. The molecule has 0 spiro atoms. The lowest BCUT2D eigenvalue weighted by Crippen LogP contribution is -1.79. The molecule has 0 saturated carbocycles. The average Bonchev–Trinajstić information content (AvgIpc) is 2.44. The highest BCUT2D eigenvalue weighted by Gasteiger charge is 2.06. The minimum Gasteiger partial charge on any atom is -0.446 e. The summed E-state index contributed by atoms with van der Waals surface area (Å²) in [7, 11) is 0. The van der Waals surface area contributed by atoms with Gasteiger partial charge >= 0.3 is 0 Å². The van der Waals surface area contributed by atoms with Crippen LogP contribution >= 0.6 is 15.9 Å². The fourth-order valence-corrected chi connectivity index (χ4v) is 1.42. The highest BCUT2D eigenvalue weighted by atomic mass is 79.9. The molecule has 2 heterocycles. The first-order chi connectivity index (χ1) is 5.81. The zero-order valence-corrected chi connectivity index (χ0v) is 7.50. The smallest absolute Gasteiger partial charge is 0.183 e. The van der Waals surface area contributed by atoms with E-state index in [9.17, 15) is 0 Å². The molecule has 58 valence electrons. The van der Waals surface area contributed by atoms with Crippen LogP contribution in [0.25, 0.3) is 11.0 Å². The van der Waals surface area contributed by atoms with E-state index in [-0.39, 0.29) is 0 Å². The largest absolute Gasteiger partial charge is 0.446 e. The van der Waals surface area contributed by atoms with Gasteiger partial charge < -0.3 is 4.42 Å². The standard InChI is InChI=1S/C8H3BrN2O/c9-7-3-5-1-2-11-6(4-10)8(5)12-7/h1-3H. The molecule has 0 aliphatic rings. The molecular weight excluding hydrogens is 220 g/mol. The van der Waals surface area contributed by atoms with Gasteiger partial charge in [-0.05, 0) is 28.1 Å². The van der Waals surface area contributed by atoms with Gasteiger partial charge in [0.1, 0.15) is 6.07 Å². The summed E-state index contributed by atoms with van der Waals surface area (Å²) in [5, 5.41) is 9.54. The maximum atomic E-state index is 8.66. The normalized spacial score (nSPS) is 10.0. The summed E-state index contributed by atoms with van der Waals surface area (Å²) in [6.07, 6.45) is 1.59. The molecule has 12 heavy (non-hydrogen) atoms. The Hall–Kier alpha value is -1.34. The van der Waals surface area contributed by atoms with Gasteiger partial charge in [0, 0.05) is 11.6 Å². The van der Waals surface area contributed by atoms with Crippen LogP contribution in [0.2, 0.25) is 0 Å². The average molecular weight is 223 g/mol. The number of hydrogen-bond donors (Lipinski definition) is 0. The van der Waals surface area contributed by atoms with Crippen molar-refractivity contribution >= 4 is 26.9 Å². The van der Waals surface area contributed by atoms with E-state index in [1.165, 1.54) is 0 Å². The van der Waals surface area contributed by atoms with E-state index in [0.29, 0.717) is 15.9 Å². The lowest BCUT2D eigenvalue weighted by atomic mass is 10.3. The van der Waals surface area contributed by atoms with Gasteiger partial charge in [-0.25, -0.2) is 4.98 Å². The molecule has 0 radical (unpaired) electrons. The van der Waals surface area contributed by atoms with Gasteiger partial charge in [0.2, 0.25) is 0 Å². The van der Waals surface area contributed by atoms with Crippen molar-refractivity contribution in [3.63, 3.8) is 0 Å². The lowest BCUT2D eigenvalue weighted by Gasteiger charge is -1.87. The van der Waals surface area contributed by atoms with Crippen LogP contribution in [0.15, 0.2) is 27.4 Å². The Morgan fingerprint density at radius 2 is 2.42 bits per heavy atom. The molecule has 0 amide bonds. The lowest BCUT2D eigenvalue weighted by molar-refractivity contribution is 0.585. The summed E-state index contributed by atoms with van der Waals surface area (Å²) in [5.74, 6) is 0. The molecule has 0 fully saturated rings. The highest BCUT2D eigenvalue weighted by molar-refractivity contribution is 9.10. The first kappa shape index (κ1) is 7.32. The van der Waals surface area contributed by atoms with Crippen LogP contribution in [-0.4, -0.2) is 4.98 Å². The fraction of sp³-hybridized carbons (Fsp3) is 0. The van der Waals surface area contributed by atoms with Crippen LogP contribution in [0.4, 0.5) is 0 Å². The minimum atomic E-state index is 0.318. The number of aromatic nitrogens is 1. The predicted molar refractivity (Wildman–Crippen MR) is 46.4 cm³/mol. The van der Waals surface area contributed by atoms with E-state index in [0.717, 1.165) is 5.39 Å². The van der Waals surface area contributed by atoms with Crippen molar-refractivity contribution in [2.24, 2.45) is 0 Å². The molecule has 0 aliphatic heterocycles. The molecule has 0 N–H and O–H groups in total. The molecule has 0 unspecified atom stereocenters. The molecule has 0 atom stereocenters. The molecule has 3 nitrogen and oxygen atoms in total. The van der Waals surface area contributed by atoms with Crippen molar-refractivity contribution in [3.8, 4) is 6.07 Å². The quantitative estimate of drug-likeness (QED) is 0.689. The molecule has 2 aromatic rings. The maximum absolute atomic E-state index is 8.66. The predicted octanol–water partition coefficient (Wildman–Crippen LogP) is 2.46. The summed E-state index contributed by atoms with van der Waals surface area (Å²) >= 11 is 3.18. The van der Waals surface area contributed by atoms with Crippen molar-refractivity contribution in [1.82, 2.24) is 4.98 Å². The summed E-state index contributed by atoms with van der Waals surface area (Å²) in [6, 6.07) is 5.56. The second-order valence-corrected chi connectivity index (χ2v) is 3.02. The van der Waals surface area contributed by atoms with Crippen LogP contribution in [0.1, 0.15) is 5.69 Å². The van der Waals surface area contributed by atoms with Crippen LogP contribution in [0.5, 0.6) is 0 Å². The summed E-state index contributed by atoms with van der Waals surface area (Å²) in [5.41, 5.74) is 0.852. The Bertz CT molecular complexity index is 469. The third-order valence-corrected chi connectivity index (χ3v) is 1.90. The topological polar surface area (TPSA) is 49.8 Å². The van der Waals surface area contributed by atoms with Gasteiger partial charge in [0.15, 0.2) is 15.9 Å². The van der Waals surface area contributed by atoms with Crippen LogP contribution in [-0.2, 0) is 0 Å². The number of furan rings is 1. The van der Waals surface area contributed by atoms with E-state index in [1.807, 2.05) is 6.07 Å². The van der Waals surface area contributed by atoms with E-state index in [2.05, 4.69) is 20.9 Å². The van der Waals surface area contributed by atoms with Gasteiger partial charge in [0.25, 0.3) is 0 Å². The molecule has 0 saturated heterocycles. The second kappa shape index (κ2) is 2.61. The molecule has 0 aromatic carbocycles. The van der Waals surface area contributed by atoms with Crippen molar-refractivity contribution in [1.29, 1.82) is 5.26 Å². The first-order valence-electron chi connectivity index (χ1n) is 3.25. The van der Waals surface area contributed by atoms with Crippen molar-refractivity contribution in [2.75, 3.05) is 0 Å². The van der Waals surface area contributed by atoms with Crippen molar-refractivity contribution < 1.29 is 4.42 Å². The van der Waals surface area contributed by atoms with Gasteiger partial charge in [-0.1, -0.05) is 0 Å². The third-order valence-electron chi connectivity index (χ3n) is 1.51. The summed E-state index contributed by atoms with van der Waals surface area (Å²) in [6.45, 7) is 0. The van der Waals surface area contributed by atoms with Gasteiger partial charge in [-0.2, -0.15) is 5.26 Å². The SMILES string of the molecule is N#Cc1nccc2cc(Br)oc12. The molecule has 2 aromatic heterocycles. The Morgan fingerprint density at radius 3 is 3.17 bits per heavy atom. The molecule has 4 heteroatoms. The third kappa shape index (κ3) is 0.990. The van der Waals surface area contributed by atoms with E-state index >= 15 is 0 Å². The molecular formula is C8H3BrN2O. The van der Waals surface area contributed by atoms with Crippen LogP contribution in [0.3, 0.4) is 0 Å². The van der Waals surface area contributed by atoms with Gasteiger partial charge in [-0.3, -0.25) is 0 Å². The summed E-state index contributed by atoms with van der Waals surface area (Å²) < 4.78 is 5.83. The van der Waals surface area contributed by atoms with E-state index < -0.39 is 0 Å². The van der Waals surface area contributed by atoms with Crippen molar-refractivity contribution in [3.05, 3.63) is 28.7 Å². The second-order valence-electron chi connectivity index (χ2n) is 2.24. The Kier molecular flexibility index (Phi) is 1.59. The number of fused-ring (bicyclic) bond motifs is 1. The zero-order chi connectivity index (χ0) is 8.55. The monoisotopic (exact) mass is 222 g/mol. The van der Waals surface area contributed by atoms with E-state index in [4.69, 9.17) is 9.68 Å². The minimum absolute atomic E-state index is 0.318. The van der Waals surface area contributed by atoms with Crippen molar-refractivity contribution in [2.45, 2.75) is 0 Å². The first-order valence-corrected chi connectivity index (χ1v) is 4.05. The van der Waals surface area contributed by atoms with Gasteiger partial charge in [0.05, 0.1) is 0 Å². The molecule has 0 bridgehead atoms. The number of rotatable bonds is 0. The van der Waals surface area contributed by atoms with E-state index in [1.54, 1.807) is 18.3 Å². The number of pyridine rings is 1. The summed E-state index contributed by atoms with van der Waals surface area (Å²) in [4.78, 5) is 3.86.